The summed E-state index contributed by atoms with van der Waals surface area (Å²) in [5, 5.41) is 13.3. The van der Waals surface area contributed by atoms with E-state index >= 15 is 0 Å². The first kappa shape index (κ1) is 22.6. The van der Waals surface area contributed by atoms with Crippen molar-refractivity contribution < 1.29 is 9.72 Å². The van der Waals surface area contributed by atoms with Crippen molar-refractivity contribution in [3.63, 3.8) is 0 Å². The summed E-state index contributed by atoms with van der Waals surface area (Å²) in [6.07, 6.45) is 6.60. The summed E-state index contributed by atoms with van der Waals surface area (Å²) in [5.74, 6) is -0.257. The number of carbonyl (C=O) groups is 1. The number of non-ortho nitro benzene ring substituents is 1. The highest BCUT2D eigenvalue weighted by molar-refractivity contribution is 5.86. The minimum atomic E-state index is -0.459. The first-order valence-electron chi connectivity index (χ1n) is 10.3. The normalized spacial score (nSPS) is 10.9. The van der Waals surface area contributed by atoms with Crippen LogP contribution in [0.3, 0.4) is 0 Å². The zero-order valence-electron chi connectivity index (χ0n) is 17.7. The molecule has 8 nitrogen and oxygen atoms in total. The third-order valence-electron chi connectivity index (χ3n) is 4.86. The molecular weight excluding hydrogens is 408 g/mol. The predicted molar refractivity (Wildman–Crippen MR) is 124 cm³/mol. The number of unbranched alkanes of at least 4 members (excludes halogenated alkanes) is 1. The molecule has 0 unspecified atom stereocenters. The molecule has 1 amide bonds. The van der Waals surface area contributed by atoms with Crippen LogP contribution < -0.4 is 10.9 Å². The quantitative estimate of drug-likeness (QED) is 0.296. The van der Waals surface area contributed by atoms with E-state index in [9.17, 15) is 19.7 Å². The fourth-order valence-corrected chi connectivity index (χ4v) is 3.28. The Kier molecular flexibility index (Phi) is 7.64. The maximum Gasteiger partial charge on any atom is 0.269 e. The van der Waals surface area contributed by atoms with Gasteiger partial charge in [-0.15, -0.1) is 0 Å². The zero-order valence-corrected chi connectivity index (χ0v) is 17.7. The number of nitro benzene ring substituents is 1. The van der Waals surface area contributed by atoms with E-state index < -0.39 is 4.92 Å². The largest absolute Gasteiger partial charge is 0.296 e. The summed E-state index contributed by atoms with van der Waals surface area (Å²) in [4.78, 5) is 41.4. The van der Waals surface area contributed by atoms with Crippen LogP contribution in [0, 0.1) is 10.1 Å². The standard InChI is InChI=1S/C24H24N4O4/c1-17(29)25-24-26-22(16-13-19-11-14-20(15-12-19)28(31)32)21(23(30)27-24)10-6-5-9-18-7-3-2-4-8-18/h2-4,7-8,11-16H,5-6,9-10H2,1H3,(H2,25,26,27,29,30). The number of nitro groups is 1. The third-order valence-corrected chi connectivity index (χ3v) is 4.86. The molecule has 3 aromatic rings. The number of carbonyl (C=O) groups excluding carboxylic acids is 1. The molecular formula is C24H24N4O4. The Morgan fingerprint density at radius 2 is 1.75 bits per heavy atom. The van der Waals surface area contributed by atoms with Crippen molar-refractivity contribution in [3.8, 4) is 0 Å². The highest BCUT2D eigenvalue weighted by atomic mass is 16.6. The van der Waals surface area contributed by atoms with Crippen LogP contribution in [0.1, 0.15) is 42.1 Å². The molecule has 2 aromatic carbocycles. The van der Waals surface area contributed by atoms with E-state index in [1.807, 2.05) is 18.2 Å². The van der Waals surface area contributed by atoms with E-state index in [-0.39, 0.29) is 23.1 Å². The van der Waals surface area contributed by atoms with Gasteiger partial charge in [0.25, 0.3) is 11.2 Å². The van der Waals surface area contributed by atoms with E-state index in [2.05, 4.69) is 27.4 Å². The van der Waals surface area contributed by atoms with Crippen LogP contribution in [0.5, 0.6) is 0 Å². The van der Waals surface area contributed by atoms with Gasteiger partial charge in [0.05, 0.1) is 10.6 Å². The van der Waals surface area contributed by atoms with Gasteiger partial charge in [0.15, 0.2) is 0 Å². The Morgan fingerprint density at radius 1 is 1.06 bits per heavy atom. The number of rotatable bonds is 9. The Balaban J connectivity index is 1.79. The average molecular weight is 432 g/mol. The molecule has 0 saturated heterocycles. The van der Waals surface area contributed by atoms with Crippen LogP contribution in [0.25, 0.3) is 12.2 Å². The number of hydrogen-bond acceptors (Lipinski definition) is 5. The van der Waals surface area contributed by atoms with E-state index in [1.54, 1.807) is 24.3 Å². The van der Waals surface area contributed by atoms with E-state index in [1.165, 1.54) is 24.6 Å². The van der Waals surface area contributed by atoms with Gasteiger partial charge in [-0.1, -0.05) is 36.4 Å². The predicted octanol–water partition coefficient (Wildman–Crippen LogP) is 4.37. The van der Waals surface area contributed by atoms with Crippen molar-refractivity contribution in [1.29, 1.82) is 0 Å². The van der Waals surface area contributed by atoms with Crippen molar-refractivity contribution in [2.45, 2.75) is 32.6 Å². The number of hydrogen-bond donors (Lipinski definition) is 2. The lowest BCUT2D eigenvalue weighted by molar-refractivity contribution is -0.384. The Labute approximate surface area is 185 Å². The van der Waals surface area contributed by atoms with E-state index in [4.69, 9.17) is 0 Å². The van der Waals surface area contributed by atoms with Crippen LogP contribution in [0.2, 0.25) is 0 Å². The molecule has 32 heavy (non-hydrogen) atoms. The van der Waals surface area contributed by atoms with Crippen LogP contribution in [0.15, 0.2) is 59.4 Å². The number of aryl methyl sites for hydroxylation is 1. The summed E-state index contributed by atoms with van der Waals surface area (Å²) in [7, 11) is 0. The third kappa shape index (κ3) is 6.46. The van der Waals surface area contributed by atoms with Crippen LogP contribution in [0.4, 0.5) is 11.6 Å². The molecule has 0 saturated carbocycles. The number of H-pyrrole nitrogens is 1. The van der Waals surface area contributed by atoms with Gasteiger partial charge in [-0.05, 0) is 55.0 Å². The molecule has 0 aliphatic rings. The molecule has 0 aliphatic heterocycles. The highest BCUT2D eigenvalue weighted by Crippen LogP contribution is 2.16. The molecule has 0 spiro atoms. The smallest absolute Gasteiger partial charge is 0.269 e. The molecule has 0 fully saturated rings. The molecule has 0 aliphatic carbocycles. The number of nitrogens with one attached hydrogen (secondary N) is 2. The molecule has 2 N–H and O–H groups in total. The number of aromatic nitrogens is 2. The number of nitrogens with zero attached hydrogens (tertiary/aromatic N) is 2. The Morgan fingerprint density at radius 3 is 2.41 bits per heavy atom. The van der Waals surface area contributed by atoms with Crippen LogP contribution in [-0.4, -0.2) is 20.8 Å². The maximum absolute atomic E-state index is 12.7. The SMILES string of the molecule is CC(=O)Nc1nc(C=Cc2ccc([N+](=O)[O-])cc2)c(CCCCc2ccccc2)c(=O)[nH]1. The number of benzene rings is 2. The van der Waals surface area contributed by atoms with E-state index in [0.29, 0.717) is 17.7 Å². The lowest BCUT2D eigenvalue weighted by Gasteiger charge is -2.08. The zero-order chi connectivity index (χ0) is 22.9. The van der Waals surface area contributed by atoms with Gasteiger partial charge in [0.1, 0.15) is 0 Å². The lowest BCUT2D eigenvalue weighted by atomic mass is 10.0. The van der Waals surface area contributed by atoms with Crippen molar-refractivity contribution in [2.75, 3.05) is 5.32 Å². The molecule has 3 rings (SSSR count). The lowest BCUT2D eigenvalue weighted by Crippen LogP contribution is -2.21. The first-order chi connectivity index (χ1) is 15.4. The van der Waals surface area contributed by atoms with Gasteiger partial charge in [-0.2, -0.15) is 0 Å². The fraction of sp³-hybridized carbons (Fsp3) is 0.208. The van der Waals surface area contributed by atoms with Crippen molar-refractivity contribution in [2.24, 2.45) is 0 Å². The summed E-state index contributed by atoms with van der Waals surface area (Å²) >= 11 is 0. The van der Waals surface area contributed by atoms with Crippen molar-refractivity contribution in [1.82, 2.24) is 9.97 Å². The fourth-order valence-electron chi connectivity index (χ4n) is 3.28. The average Bonchev–Trinajstić information content (AvgIpc) is 2.77. The molecule has 0 atom stereocenters. The van der Waals surface area contributed by atoms with Crippen molar-refractivity contribution >= 4 is 29.7 Å². The van der Waals surface area contributed by atoms with Crippen LogP contribution >= 0.6 is 0 Å². The molecule has 0 bridgehead atoms. The second-order valence-corrected chi connectivity index (χ2v) is 7.33. The topological polar surface area (TPSA) is 118 Å². The second kappa shape index (κ2) is 10.8. The molecule has 1 heterocycles. The summed E-state index contributed by atoms with van der Waals surface area (Å²) in [5.41, 5.74) is 2.67. The molecule has 0 radical (unpaired) electrons. The van der Waals surface area contributed by atoms with Gasteiger partial charge in [0.2, 0.25) is 11.9 Å². The summed E-state index contributed by atoms with van der Waals surface area (Å²) in [6.45, 7) is 1.34. The highest BCUT2D eigenvalue weighted by Gasteiger charge is 2.11. The van der Waals surface area contributed by atoms with Crippen molar-refractivity contribution in [3.05, 3.63) is 97.4 Å². The Bertz CT molecular complexity index is 1170. The minimum absolute atomic E-state index is 0.00322. The number of aromatic amines is 1. The monoisotopic (exact) mass is 432 g/mol. The first-order valence-corrected chi connectivity index (χ1v) is 10.3. The number of anilines is 1. The summed E-state index contributed by atoms with van der Waals surface area (Å²) in [6, 6.07) is 16.2. The maximum atomic E-state index is 12.7. The van der Waals surface area contributed by atoms with Gasteiger partial charge in [-0.25, -0.2) is 4.98 Å². The molecule has 164 valence electrons. The molecule has 1 aromatic heterocycles. The number of amides is 1. The van der Waals surface area contributed by atoms with Gasteiger partial charge < -0.3 is 0 Å². The minimum Gasteiger partial charge on any atom is -0.296 e. The second-order valence-electron chi connectivity index (χ2n) is 7.33. The summed E-state index contributed by atoms with van der Waals surface area (Å²) < 4.78 is 0. The van der Waals surface area contributed by atoms with E-state index in [0.717, 1.165) is 24.8 Å². The van der Waals surface area contributed by atoms with Crippen LogP contribution in [-0.2, 0) is 17.6 Å². The van der Waals surface area contributed by atoms with Gasteiger partial charge in [-0.3, -0.25) is 30.0 Å². The van der Waals surface area contributed by atoms with Gasteiger partial charge in [0, 0.05) is 24.6 Å². The molecule has 8 heteroatoms. The van der Waals surface area contributed by atoms with Gasteiger partial charge >= 0.3 is 0 Å². The Hall–Kier alpha value is -4.07.